The number of benzene rings is 8. The van der Waals surface area contributed by atoms with Gasteiger partial charge in [0.05, 0.1) is 5.69 Å². The van der Waals surface area contributed by atoms with Crippen LogP contribution in [0.2, 0.25) is 0 Å². The Labute approximate surface area is 371 Å². The van der Waals surface area contributed by atoms with E-state index in [1.807, 2.05) is 11.3 Å². The number of para-hydroxylation sites is 2. The molecule has 0 fully saturated rings. The predicted octanol–water partition coefficient (Wildman–Crippen LogP) is 17.5. The zero-order chi connectivity index (χ0) is 43.0. The maximum atomic E-state index is 3.75. The van der Waals surface area contributed by atoms with Crippen LogP contribution < -0.4 is 10.2 Å². The van der Waals surface area contributed by atoms with E-state index in [1.54, 1.807) is 0 Å². The van der Waals surface area contributed by atoms with Gasteiger partial charge in [-0.2, -0.15) is 0 Å². The molecule has 1 aromatic heterocycles. The molecule has 0 saturated heterocycles. The highest BCUT2D eigenvalue weighted by Gasteiger charge is 2.41. The van der Waals surface area contributed by atoms with Gasteiger partial charge in [0.2, 0.25) is 0 Å². The molecule has 10 rings (SSSR count). The summed E-state index contributed by atoms with van der Waals surface area (Å²) in [6.07, 6.45) is 0. The van der Waals surface area contributed by atoms with Crippen molar-refractivity contribution in [1.29, 1.82) is 0 Å². The van der Waals surface area contributed by atoms with Crippen molar-refractivity contribution in [3.63, 3.8) is 0 Å². The van der Waals surface area contributed by atoms with Crippen molar-refractivity contribution in [2.45, 2.75) is 71.6 Å². The lowest BCUT2D eigenvalue weighted by atomic mass is 9.74. The first-order valence-corrected chi connectivity index (χ1v) is 22.7. The first-order chi connectivity index (χ1) is 29.8. The largest absolute Gasteiger partial charge is 0.355 e. The molecule has 306 valence electrons. The van der Waals surface area contributed by atoms with E-state index in [4.69, 9.17) is 0 Å². The lowest BCUT2D eigenvalue weighted by molar-refractivity contribution is 0.564. The fraction of sp³-hybridized carbons (Fsp3) is 0.186. The number of rotatable bonds is 7. The second-order valence-corrected chi connectivity index (χ2v) is 20.6. The van der Waals surface area contributed by atoms with Crippen LogP contribution in [0.25, 0.3) is 53.6 Å². The minimum absolute atomic E-state index is 0.0294. The summed E-state index contributed by atoms with van der Waals surface area (Å²) in [6.45, 7) is 19.0. The van der Waals surface area contributed by atoms with Crippen LogP contribution in [-0.2, 0) is 16.2 Å². The van der Waals surface area contributed by atoms with Crippen LogP contribution in [0.15, 0.2) is 176 Å². The molecule has 2 nitrogen and oxygen atoms in total. The van der Waals surface area contributed by atoms with E-state index in [2.05, 4.69) is 242 Å². The van der Waals surface area contributed by atoms with E-state index in [9.17, 15) is 0 Å². The number of anilines is 5. The summed E-state index contributed by atoms with van der Waals surface area (Å²) in [5.41, 5.74) is 18.5. The maximum Gasteiger partial charge on any atom is 0.0540 e. The molecule has 0 atom stereocenters. The van der Waals surface area contributed by atoms with Crippen molar-refractivity contribution in [1.82, 2.24) is 0 Å². The quantitative estimate of drug-likeness (QED) is 0.172. The van der Waals surface area contributed by atoms with E-state index in [0.29, 0.717) is 0 Å². The monoisotopic (exact) mass is 822 g/mol. The molecule has 0 aliphatic heterocycles. The minimum Gasteiger partial charge on any atom is -0.355 e. The molecule has 8 aromatic carbocycles. The van der Waals surface area contributed by atoms with Crippen LogP contribution in [0, 0.1) is 0 Å². The molecular formula is C59H54N2S. The van der Waals surface area contributed by atoms with Crippen LogP contribution in [0.3, 0.4) is 0 Å². The van der Waals surface area contributed by atoms with Crippen LogP contribution in [-0.4, -0.2) is 0 Å². The summed E-state index contributed by atoms with van der Waals surface area (Å²) in [6, 6.07) is 64.9. The van der Waals surface area contributed by atoms with Crippen molar-refractivity contribution in [2.75, 3.05) is 10.2 Å². The van der Waals surface area contributed by atoms with Crippen LogP contribution in [0.1, 0.15) is 77.6 Å². The van der Waals surface area contributed by atoms with E-state index in [1.165, 1.54) is 75.8 Å². The number of thiophene rings is 1. The van der Waals surface area contributed by atoms with E-state index in [0.717, 1.165) is 28.4 Å². The highest BCUT2D eigenvalue weighted by atomic mass is 32.1. The van der Waals surface area contributed by atoms with Crippen LogP contribution in [0.5, 0.6) is 0 Å². The lowest BCUT2D eigenvalue weighted by Crippen LogP contribution is -2.21. The van der Waals surface area contributed by atoms with Gasteiger partial charge in [-0.3, -0.25) is 0 Å². The second-order valence-electron chi connectivity index (χ2n) is 19.5. The number of hydrogen-bond acceptors (Lipinski definition) is 3. The Bertz CT molecular complexity index is 3140. The van der Waals surface area contributed by atoms with Crippen molar-refractivity contribution in [2.24, 2.45) is 0 Å². The summed E-state index contributed by atoms with van der Waals surface area (Å²) in [4.78, 5) is 2.47. The summed E-state index contributed by atoms with van der Waals surface area (Å²) in [5, 5.41) is 6.35. The summed E-state index contributed by atoms with van der Waals surface area (Å²) in [7, 11) is 0. The average molecular weight is 823 g/mol. The minimum atomic E-state index is -0.162. The lowest BCUT2D eigenvalue weighted by Gasteiger charge is -2.31. The molecule has 0 bridgehead atoms. The van der Waals surface area contributed by atoms with Gasteiger partial charge in [-0.05, 0) is 110 Å². The van der Waals surface area contributed by atoms with Gasteiger partial charge in [0, 0.05) is 59.5 Å². The number of nitrogens with one attached hydrogen (secondary N) is 1. The zero-order valence-corrected chi connectivity index (χ0v) is 37.9. The van der Waals surface area contributed by atoms with Gasteiger partial charge in [0.15, 0.2) is 0 Å². The van der Waals surface area contributed by atoms with Gasteiger partial charge in [-0.15, -0.1) is 11.3 Å². The first kappa shape index (κ1) is 39.7. The molecular weight excluding hydrogens is 769 g/mol. The molecule has 9 aromatic rings. The second kappa shape index (κ2) is 14.9. The van der Waals surface area contributed by atoms with Crippen molar-refractivity contribution in [3.8, 4) is 33.4 Å². The molecule has 0 amide bonds. The predicted molar refractivity (Wildman–Crippen MR) is 270 cm³/mol. The fourth-order valence-corrected chi connectivity index (χ4v) is 10.8. The highest BCUT2D eigenvalue weighted by molar-refractivity contribution is 7.25. The van der Waals surface area contributed by atoms with E-state index in [-0.39, 0.29) is 16.2 Å². The summed E-state index contributed by atoms with van der Waals surface area (Å²) < 4.78 is 2.59. The fourth-order valence-electron chi connectivity index (χ4n) is 9.63. The molecule has 1 aliphatic carbocycles. The van der Waals surface area contributed by atoms with Gasteiger partial charge in [-0.25, -0.2) is 0 Å². The molecule has 0 spiro atoms. The van der Waals surface area contributed by atoms with Gasteiger partial charge in [-0.1, -0.05) is 177 Å². The Morgan fingerprint density at radius 2 is 1.13 bits per heavy atom. The molecule has 0 saturated carbocycles. The normalized spacial score (nSPS) is 13.3. The molecule has 1 N–H and O–H groups in total. The Hall–Kier alpha value is -6.42. The Kier molecular flexibility index (Phi) is 9.53. The standard InChI is InChI=1S/C59H54N2S/c1-57(2,3)39-35-49(58(4,5)6)56-50(36-39)59(7,8)48-25-18-24-47(55(48)56)44-22-13-16-27-52(44)61(42-33-34-46-45-23-14-17-28-53(45)62-54(46)37-42)41-31-29-40(30-32-41)60-51-26-15-12-21-43(51)38-19-10-9-11-20-38/h9-37,60H,1-8H3. The Morgan fingerprint density at radius 1 is 0.484 bits per heavy atom. The number of hydrogen-bond donors (Lipinski definition) is 1. The van der Waals surface area contributed by atoms with E-state index >= 15 is 0 Å². The molecule has 62 heavy (non-hydrogen) atoms. The van der Waals surface area contributed by atoms with Gasteiger partial charge < -0.3 is 10.2 Å². The van der Waals surface area contributed by atoms with Gasteiger partial charge in [0.25, 0.3) is 0 Å². The Morgan fingerprint density at radius 3 is 1.89 bits per heavy atom. The summed E-state index contributed by atoms with van der Waals surface area (Å²) in [5.74, 6) is 0. The third-order valence-corrected chi connectivity index (χ3v) is 14.1. The van der Waals surface area contributed by atoms with Crippen molar-refractivity contribution in [3.05, 3.63) is 198 Å². The topological polar surface area (TPSA) is 15.3 Å². The molecule has 0 unspecified atom stereocenters. The Balaban J connectivity index is 1.15. The van der Waals surface area contributed by atoms with Gasteiger partial charge in [0.1, 0.15) is 0 Å². The first-order valence-electron chi connectivity index (χ1n) is 21.9. The SMILES string of the molecule is CC(C)(C)c1cc(C(C)(C)C)c2c(c1)C(C)(C)c1cccc(-c3ccccc3N(c3ccc(Nc4ccccc4-c4ccccc4)cc3)c3ccc4c(c3)sc3ccccc34)c1-2. The molecule has 1 heterocycles. The van der Waals surface area contributed by atoms with Gasteiger partial charge >= 0.3 is 0 Å². The summed E-state index contributed by atoms with van der Waals surface area (Å²) >= 11 is 1.87. The zero-order valence-electron chi connectivity index (χ0n) is 37.1. The van der Waals surface area contributed by atoms with Crippen molar-refractivity contribution >= 4 is 59.9 Å². The molecule has 1 aliphatic rings. The third-order valence-electron chi connectivity index (χ3n) is 12.9. The van der Waals surface area contributed by atoms with Crippen LogP contribution >= 0.6 is 11.3 Å². The molecule has 3 heteroatoms. The average Bonchev–Trinajstić information content (AvgIpc) is 3.75. The maximum absolute atomic E-state index is 3.75. The number of fused-ring (bicyclic) bond motifs is 6. The van der Waals surface area contributed by atoms with E-state index < -0.39 is 0 Å². The number of nitrogens with zero attached hydrogens (tertiary/aromatic N) is 1. The van der Waals surface area contributed by atoms with Crippen molar-refractivity contribution < 1.29 is 0 Å². The molecule has 0 radical (unpaired) electrons. The van der Waals surface area contributed by atoms with Crippen LogP contribution in [0.4, 0.5) is 28.4 Å². The third kappa shape index (κ3) is 6.80. The smallest absolute Gasteiger partial charge is 0.0540 e. The highest BCUT2D eigenvalue weighted by Crippen LogP contribution is 2.57.